The van der Waals surface area contributed by atoms with Crippen LogP contribution in [0.15, 0.2) is 18.2 Å². The number of ether oxygens (including phenoxy) is 1. The molecule has 0 radical (unpaired) electrons. The van der Waals surface area contributed by atoms with Crippen LogP contribution >= 0.6 is 0 Å². The second-order valence-electron chi connectivity index (χ2n) is 3.53. The van der Waals surface area contributed by atoms with Gasteiger partial charge in [-0.3, -0.25) is 14.9 Å². The second kappa shape index (κ2) is 5.83. The quantitative estimate of drug-likeness (QED) is 0.481. The summed E-state index contributed by atoms with van der Waals surface area (Å²) in [5, 5.41) is 13.6. The molecule has 1 rings (SSSR count). The maximum atomic E-state index is 10.9. The van der Waals surface area contributed by atoms with Gasteiger partial charge >= 0.3 is 5.97 Å². The van der Waals surface area contributed by atoms with E-state index >= 15 is 0 Å². The van der Waals surface area contributed by atoms with Crippen molar-refractivity contribution < 1.29 is 14.5 Å². The number of hydrogen-bond donors (Lipinski definition) is 1. The lowest BCUT2D eigenvalue weighted by Gasteiger charge is -2.06. The number of nitro groups is 1. The van der Waals surface area contributed by atoms with Gasteiger partial charge in [0.1, 0.15) is 5.69 Å². The third-order valence-corrected chi connectivity index (χ3v) is 2.22. The number of rotatable bonds is 5. The van der Waals surface area contributed by atoms with Crippen LogP contribution in [0.4, 0.5) is 11.4 Å². The van der Waals surface area contributed by atoms with Gasteiger partial charge in [0, 0.05) is 12.6 Å². The summed E-state index contributed by atoms with van der Waals surface area (Å²) in [6.07, 6.45) is 0.168. The molecular formula is C11H14N2O4. The fraction of sp³-hybridized carbons (Fsp3) is 0.364. The monoisotopic (exact) mass is 238 g/mol. The first kappa shape index (κ1) is 13.0. The smallest absolute Gasteiger partial charge is 0.307 e. The zero-order valence-corrected chi connectivity index (χ0v) is 9.73. The van der Waals surface area contributed by atoms with Gasteiger partial charge in [-0.1, -0.05) is 6.07 Å². The van der Waals surface area contributed by atoms with E-state index in [1.807, 2.05) is 0 Å². The van der Waals surface area contributed by atoms with E-state index in [0.717, 1.165) is 5.56 Å². The lowest BCUT2D eigenvalue weighted by Crippen LogP contribution is -2.10. The number of esters is 1. The number of aryl methyl sites for hydroxylation is 1. The molecule has 0 amide bonds. The van der Waals surface area contributed by atoms with Crippen LogP contribution in [0.1, 0.15) is 12.0 Å². The molecule has 0 aliphatic heterocycles. The van der Waals surface area contributed by atoms with Gasteiger partial charge in [-0.2, -0.15) is 0 Å². The summed E-state index contributed by atoms with van der Waals surface area (Å²) < 4.78 is 4.47. The summed E-state index contributed by atoms with van der Waals surface area (Å²) >= 11 is 0. The summed E-state index contributed by atoms with van der Waals surface area (Å²) in [5.74, 6) is -0.354. The fourth-order valence-electron chi connectivity index (χ4n) is 1.34. The molecule has 0 heterocycles. The maximum Gasteiger partial charge on any atom is 0.307 e. The number of methoxy groups -OCH3 is 1. The van der Waals surface area contributed by atoms with Crippen LogP contribution in [0, 0.1) is 17.0 Å². The normalized spacial score (nSPS) is 9.76. The van der Waals surface area contributed by atoms with Gasteiger partial charge in [0.15, 0.2) is 0 Å². The van der Waals surface area contributed by atoms with Gasteiger partial charge < -0.3 is 10.1 Å². The number of nitrogens with one attached hydrogen (secondary N) is 1. The molecule has 0 spiro atoms. The second-order valence-corrected chi connectivity index (χ2v) is 3.53. The molecule has 0 aliphatic carbocycles. The standard InChI is InChI=1S/C11H14N2O4/c1-8-3-4-9(10(7-8)13(15)16)12-6-5-11(14)17-2/h3-4,7,12H,5-6H2,1-2H3. The van der Waals surface area contributed by atoms with Gasteiger partial charge in [0.05, 0.1) is 18.5 Å². The van der Waals surface area contributed by atoms with E-state index in [4.69, 9.17) is 0 Å². The van der Waals surface area contributed by atoms with E-state index < -0.39 is 4.92 Å². The molecule has 1 N–H and O–H groups in total. The number of carbonyl (C=O) groups excluding carboxylic acids is 1. The summed E-state index contributed by atoms with van der Waals surface area (Å²) in [6.45, 7) is 2.09. The van der Waals surface area contributed by atoms with Gasteiger partial charge in [0.2, 0.25) is 0 Å². The number of nitro benzene ring substituents is 1. The van der Waals surface area contributed by atoms with Crippen molar-refractivity contribution in [2.45, 2.75) is 13.3 Å². The number of carbonyl (C=O) groups is 1. The van der Waals surface area contributed by atoms with Crippen molar-refractivity contribution in [3.8, 4) is 0 Å². The maximum absolute atomic E-state index is 10.9. The third-order valence-electron chi connectivity index (χ3n) is 2.22. The molecule has 17 heavy (non-hydrogen) atoms. The van der Waals surface area contributed by atoms with Crippen molar-refractivity contribution in [3.05, 3.63) is 33.9 Å². The molecule has 1 aromatic carbocycles. The summed E-state index contributed by atoms with van der Waals surface area (Å²) in [6, 6.07) is 4.89. The van der Waals surface area contributed by atoms with Gasteiger partial charge in [-0.05, 0) is 18.6 Å². The predicted octanol–water partition coefficient (Wildman–Crippen LogP) is 1.88. The Hall–Kier alpha value is -2.11. The highest BCUT2D eigenvalue weighted by Gasteiger charge is 2.13. The van der Waals surface area contributed by atoms with E-state index in [-0.39, 0.29) is 18.1 Å². The highest BCUT2D eigenvalue weighted by atomic mass is 16.6. The average molecular weight is 238 g/mol. The van der Waals surface area contributed by atoms with Crippen LogP contribution in [0.3, 0.4) is 0 Å². The number of nitrogens with zero attached hydrogens (tertiary/aromatic N) is 1. The SMILES string of the molecule is COC(=O)CCNc1ccc(C)cc1[N+](=O)[O-]. The Bertz CT molecular complexity index is 431. The van der Waals surface area contributed by atoms with Crippen LogP contribution in [-0.2, 0) is 9.53 Å². The molecule has 0 aliphatic rings. The zero-order chi connectivity index (χ0) is 12.8. The van der Waals surface area contributed by atoms with Crippen LogP contribution in [-0.4, -0.2) is 24.5 Å². The molecule has 0 aromatic heterocycles. The van der Waals surface area contributed by atoms with Crippen molar-refractivity contribution >= 4 is 17.3 Å². The van der Waals surface area contributed by atoms with Crippen molar-refractivity contribution in [2.75, 3.05) is 19.0 Å². The van der Waals surface area contributed by atoms with Crippen LogP contribution in [0.25, 0.3) is 0 Å². The van der Waals surface area contributed by atoms with Crippen molar-refractivity contribution in [3.63, 3.8) is 0 Å². The minimum atomic E-state index is -0.451. The Morgan fingerprint density at radius 1 is 1.53 bits per heavy atom. The molecule has 6 heteroatoms. The minimum absolute atomic E-state index is 0.00914. The minimum Gasteiger partial charge on any atom is -0.469 e. The molecule has 0 saturated carbocycles. The highest BCUT2D eigenvalue weighted by molar-refractivity contribution is 5.70. The Morgan fingerprint density at radius 3 is 2.82 bits per heavy atom. The first-order chi connectivity index (χ1) is 8.04. The Balaban J connectivity index is 2.70. The first-order valence-electron chi connectivity index (χ1n) is 5.10. The molecule has 0 unspecified atom stereocenters. The van der Waals surface area contributed by atoms with Crippen molar-refractivity contribution in [1.29, 1.82) is 0 Å². The number of anilines is 1. The average Bonchev–Trinajstić information content (AvgIpc) is 2.30. The van der Waals surface area contributed by atoms with E-state index in [1.165, 1.54) is 13.2 Å². The molecular weight excluding hydrogens is 224 g/mol. The number of hydrogen-bond acceptors (Lipinski definition) is 5. The fourth-order valence-corrected chi connectivity index (χ4v) is 1.34. The summed E-state index contributed by atoms with van der Waals surface area (Å²) in [7, 11) is 1.30. The Kier molecular flexibility index (Phi) is 4.45. The highest BCUT2D eigenvalue weighted by Crippen LogP contribution is 2.25. The summed E-state index contributed by atoms with van der Waals surface area (Å²) in [4.78, 5) is 21.2. The van der Waals surface area contributed by atoms with E-state index in [2.05, 4.69) is 10.1 Å². The summed E-state index contributed by atoms with van der Waals surface area (Å²) in [5.41, 5.74) is 1.23. The molecule has 6 nitrogen and oxygen atoms in total. The van der Waals surface area contributed by atoms with E-state index in [1.54, 1.807) is 19.1 Å². The largest absolute Gasteiger partial charge is 0.469 e. The molecule has 0 fully saturated rings. The van der Waals surface area contributed by atoms with E-state index in [0.29, 0.717) is 12.2 Å². The van der Waals surface area contributed by atoms with E-state index in [9.17, 15) is 14.9 Å². The van der Waals surface area contributed by atoms with Gasteiger partial charge in [0.25, 0.3) is 5.69 Å². The Morgan fingerprint density at radius 2 is 2.24 bits per heavy atom. The molecule has 92 valence electrons. The predicted molar refractivity (Wildman–Crippen MR) is 63.0 cm³/mol. The molecule has 0 atom stereocenters. The van der Waals surface area contributed by atoms with Crippen molar-refractivity contribution in [2.24, 2.45) is 0 Å². The molecule has 0 saturated heterocycles. The third kappa shape index (κ3) is 3.75. The molecule has 1 aromatic rings. The first-order valence-corrected chi connectivity index (χ1v) is 5.10. The lowest BCUT2D eigenvalue weighted by molar-refractivity contribution is -0.384. The lowest BCUT2D eigenvalue weighted by atomic mass is 10.2. The van der Waals surface area contributed by atoms with Crippen molar-refractivity contribution in [1.82, 2.24) is 0 Å². The topological polar surface area (TPSA) is 81.5 Å². The van der Waals surface area contributed by atoms with Crippen LogP contribution in [0.5, 0.6) is 0 Å². The zero-order valence-electron chi connectivity index (χ0n) is 9.73. The molecule has 0 bridgehead atoms. The van der Waals surface area contributed by atoms with Crippen LogP contribution < -0.4 is 5.32 Å². The van der Waals surface area contributed by atoms with Gasteiger partial charge in [-0.15, -0.1) is 0 Å². The number of benzene rings is 1. The Labute approximate surface area is 98.7 Å². The van der Waals surface area contributed by atoms with Crippen LogP contribution in [0.2, 0.25) is 0 Å². The van der Waals surface area contributed by atoms with Gasteiger partial charge in [-0.25, -0.2) is 0 Å².